The summed E-state index contributed by atoms with van der Waals surface area (Å²) in [5.74, 6) is 2.55. The quantitative estimate of drug-likeness (QED) is 0.688. The van der Waals surface area contributed by atoms with Crippen LogP contribution >= 0.6 is 0 Å². The first-order chi connectivity index (χ1) is 10.3. The fourth-order valence-corrected chi connectivity index (χ4v) is 2.37. The number of hydrogen-bond donors (Lipinski definition) is 0. The molecule has 0 saturated carbocycles. The van der Waals surface area contributed by atoms with Gasteiger partial charge in [-0.15, -0.1) is 12.3 Å². The zero-order valence-corrected chi connectivity index (χ0v) is 11.5. The van der Waals surface area contributed by atoms with Gasteiger partial charge in [0, 0.05) is 17.4 Å². The lowest BCUT2D eigenvalue weighted by Crippen LogP contribution is -2.23. The zero-order chi connectivity index (χ0) is 14.7. The number of benzene rings is 2. The predicted molar refractivity (Wildman–Crippen MR) is 84.9 cm³/mol. The molecular formula is C18H14N2O. The van der Waals surface area contributed by atoms with Gasteiger partial charge in [-0.1, -0.05) is 48.5 Å². The Hall–Kier alpha value is -2.86. The van der Waals surface area contributed by atoms with Crippen molar-refractivity contribution in [3.63, 3.8) is 0 Å². The summed E-state index contributed by atoms with van der Waals surface area (Å²) in [5, 5.41) is 6.05. The average Bonchev–Trinajstić information content (AvgIpc) is 2.55. The Balaban J connectivity index is 2.30. The minimum absolute atomic E-state index is 0.0967. The Morgan fingerprint density at radius 2 is 1.67 bits per heavy atom. The van der Waals surface area contributed by atoms with Crippen LogP contribution in [0.4, 0.5) is 0 Å². The Morgan fingerprint density at radius 3 is 2.38 bits per heavy atom. The van der Waals surface area contributed by atoms with Crippen LogP contribution in [0.15, 0.2) is 59.4 Å². The van der Waals surface area contributed by atoms with Crippen LogP contribution in [-0.4, -0.2) is 9.78 Å². The molecule has 21 heavy (non-hydrogen) atoms. The zero-order valence-electron chi connectivity index (χ0n) is 11.5. The molecule has 3 nitrogen and oxygen atoms in total. The summed E-state index contributed by atoms with van der Waals surface area (Å²) in [6, 6.07) is 17.4. The van der Waals surface area contributed by atoms with Crippen LogP contribution in [0.3, 0.4) is 0 Å². The Kier molecular flexibility index (Phi) is 3.53. The van der Waals surface area contributed by atoms with E-state index in [1.807, 2.05) is 54.6 Å². The summed E-state index contributed by atoms with van der Waals surface area (Å²) in [6.07, 6.45) is 5.78. The summed E-state index contributed by atoms with van der Waals surface area (Å²) < 4.78 is 1.46. The standard InChI is InChI=1S/C18H14N2O/c1-2-3-13-20-18(21)16-12-8-7-11-15(16)17(19-20)14-9-5-4-6-10-14/h1,4-12H,3,13H2. The van der Waals surface area contributed by atoms with E-state index in [1.165, 1.54) is 4.68 Å². The van der Waals surface area contributed by atoms with Crippen molar-refractivity contribution in [2.45, 2.75) is 13.0 Å². The molecule has 3 aromatic rings. The van der Waals surface area contributed by atoms with E-state index in [9.17, 15) is 4.79 Å². The van der Waals surface area contributed by atoms with E-state index in [2.05, 4.69) is 11.0 Å². The van der Waals surface area contributed by atoms with Gasteiger partial charge in [-0.2, -0.15) is 5.10 Å². The Morgan fingerprint density at radius 1 is 1.00 bits per heavy atom. The van der Waals surface area contributed by atoms with Crippen molar-refractivity contribution in [1.29, 1.82) is 0 Å². The average molecular weight is 274 g/mol. The molecule has 0 radical (unpaired) electrons. The van der Waals surface area contributed by atoms with Gasteiger partial charge in [0.1, 0.15) is 0 Å². The second-order valence-electron chi connectivity index (χ2n) is 4.74. The first kappa shape index (κ1) is 13.1. The van der Waals surface area contributed by atoms with Gasteiger partial charge in [0.2, 0.25) is 0 Å². The maximum atomic E-state index is 12.4. The van der Waals surface area contributed by atoms with Gasteiger partial charge in [0.25, 0.3) is 5.56 Å². The fourth-order valence-electron chi connectivity index (χ4n) is 2.37. The number of hydrogen-bond acceptors (Lipinski definition) is 2. The summed E-state index contributed by atoms with van der Waals surface area (Å²) >= 11 is 0. The van der Waals surface area contributed by atoms with E-state index in [0.717, 1.165) is 16.6 Å². The molecular weight excluding hydrogens is 260 g/mol. The molecule has 0 atom stereocenters. The van der Waals surface area contributed by atoms with Crippen LogP contribution < -0.4 is 5.56 Å². The van der Waals surface area contributed by atoms with Crippen LogP contribution in [0.25, 0.3) is 22.0 Å². The molecule has 0 amide bonds. The normalized spacial score (nSPS) is 10.4. The first-order valence-corrected chi connectivity index (χ1v) is 6.80. The Bertz CT molecular complexity index is 873. The van der Waals surface area contributed by atoms with Crippen LogP contribution in [0.5, 0.6) is 0 Å². The third kappa shape index (κ3) is 2.44. The highest BCUT2D eigenvalue weighted by Crippen LogP contribution is 2.24. The molecule has 3 rings (SSSR count). The largest absolute Gasteiger partial charge is 0.274 e. The molecule has 0 aliphatic heterocycles. The molecule has 0 aliphatic carbocycles. The summed E-state index contributed by atoms with van der Waals surface area (Å²) in [4.78, 5) is 12.4. The minimum atomic E-state index is -0.0967. The third-order valence-electron chi connectivity index (χ3n) is 3.38. The van der Waals surface area contributed by atoms with Gasteiger partial charge < -0.3 is 0 Å². The maximum Gasteiger partial charge on any atom is 0.274 e. The van der Waals surface area contributed by atoms with Crippen molar-refractivity contribution in [3.8, 4) is 23.6 Å². The topological polar surface area (TPSA) is 34.9 Å². The summed E-state index contributed by atoms with van der Waals surface area (Å²) in [7, 11) is 0. The van der Waals surface area contributed by atoms with Gasteiger partial charge in [-0.05, 0) is 6.07 Å². The second kappa shape index (κ2) is 5.64. The number of rotatable bonds is 3. The molecule has 1 heterocycles. The molecule has 0 spiro atoms. The van der Waals surface area contributed by atoms with Crippen LogP contribution in [0.1, 0.15) is 6.42 Å². The lowest BCUT2D eigenvalue weighted by molar-refractivity contribution is 0.600. The number of aryl methyl sites for hydroxylation is 1. The molecule has 0 bridgehead atoms. The van der Waals surface area contributed by atoms with Crippen molar-refractivity contribution in [3.05, 3.63) is 65.0 Å². The van der Waals surface area contributed by atoms with Crippen molar-refractivity contribution in [2.75, 3.05) is 0 Å². The monoisotopic (exact) mass is 274 g/mol. The summed E-state index contributed by atoms with van der Waals surface area (Å²) in [5.41, 5.74) is 1.70. The molecule has 0 saturated heterocycles. The van der Waals surface area contributed by atoms with Crippen LogP contribution in [0, 0.1) is 12.3 Å². The van der Waals surface area contributed by atoms with E-state index in [0.29, 0.717) is 18.4 Å². The molecule has 2 aromatic carbocycles. The molecule has 0 unspecified atom stereocenters. The van der Waals surface area contributed by atoms with Crippen molar-refractivity contribution in [1.82, 2.24) is 9.78 Å². The van der Waals surface area contributed by atoms with E-state index >= 15 is 0 Å². The smallest absolute Gasteiger partial charge is 0.267 e. The molecule has 0 aliphatic rings. The number of nitrogens with zero attached hydrogens (tertiary/aromatic N) is 2. The van der Waals surface area contributed by atoms with Crippen LogP contribution in [0.2, 0.25) is 0 Å². The van der Waals surface area contributed by atoms with E-state index < -0.39 is 0 Å². The molecule has 1 aromatic heterocycles. The number of terminal acetylenes is 1. The molecule has 102 valence electrons. The van der Waals surface area contributed by atoms with Gasteiger partial charge in [0.15, 0.2) is 0 Å². The highest BCUT2D eigenvalue weighted by atomic mass is 16.1. The molecule has 0 fully saturated rings. The van der Waals surface area contributed by atoms with Gasteiger partial charge >= 0.3 is 0 Å². The first-order valence-electron chi connectivity index (χ1n) is 6.80. The van der Waals surface area contributed by atoms with Crippen LogP contribution in [-0.2, 0) is 6.54 Å². The lowest BCUT2D eigenvalue weighted by atomic mass is 10.1. The summed E-state index contributed by atoms with van der Waals surface area (Å²) in [6.45, 7) is 0.431. The molecule has 3 heteroatoms. The number of fused-ring (bicyclic) bond motifs is 1. The van der Waals surface area contributed by atoms with E-state index in [1.54, 1.807) is 0 Å². The highest BCUT2D eigenvalue weighted by Gasteiger charge is 2.11. The van der Waals surface area contributed by atoms with Gasteiger partial charge in [-0.25, -0.2) is 4.68 Å². The lowest BCUT2D eigenvalue weighted by Gasteiger charge is -2.10. The third-order valence-corrected chi connectivity index (χ3v) is 3.38. The van der Waals surface area contributed by atoms with E-state index in [-0.39, 0.29) is 5.56 Å². The van der Waals surface area contributed by atoms with Crippen molar-refractivity contribution in [2.24, 2.45) is 0 Å². The molecule has 0 N–H and O–H groups in total. The Labute approximate surface area is 122 Å². The van der Waals surface area contributed by atoms with E-state index in [4.69, 9.17) is 6.42 Å². The minimum Gasteiger partial charge on any atom is -0.267 e. The SMILES string of the molecule is C#CCCn1nc(-c2ccccc2)c2ccccc2c1=O. The van der Waals surface area contributed by atoms with Crippen molar-refractivity contribution >= 4 is 10.8 Å². The van der Waals surface area contributed by atoms with Gasteiger partial charge in [0.05, 0.1) is 17.6 Å². The highest BCUT2D eigenvalue weighted by molar-refractivity contribution is 5.93. The second-order valence-corrected chi connectivity index (χ2v) is 4.74. The maximum absolute atomic E-state index is 12.4. The van der Waals surface area contributed by atoms with Gasteiger partial charge in [-0.3, -0.25) is 4.79 Å². The fraction of sp³-hybridized carbons (Fsp3) is 0.111. The predicted octanol–water partition coefficient (Wildman–Crippen LogP) is 3.09. The van der Waals surface area contributed by atoms with Crippen molar-refractivity contribution < 1.29 is 0 Å². The number of aromatic nitrogens is 2.